The van der Waals surface area contributed by atoms with Crippen molar-refractivity contribution in [1.82, 2.24) is 10.2 Å². The Morgan fingerprint density at radius 3 is 3.00 bits per heavy atom. The lowest BCUT2D eigenvalue weighted by Gasteiger charge is -2.28. The molecule has 1 aromatic rings. The molecule has 0 saturated heterocycles. The van der Waals surface area contributed by atoms with E-state index in [4.69, 9.17) is 4.74 Å². The van der Waals surface area contributed by atoms with Gasteiger partial charge < -0.3 is 19.9 Å². The zero-order valence-corrected chi connectivity index (χ0v) is 13.7. The summed E-state index contributed by atoms with van der Waals surface area (Å²) in [6.45, 7) is 5.99. The van der Waals surface area contributed by atoms with Crippen molar-refractivity contribution in [3.05, 3.63) is 29.3 Å². The maximum absolute atomic E-state index is 5.08. The average molecular weight is 291 g/mol. The van der Waals surface area contributed by atoms with Gasteiger partial charge >= 0.3 is 0 Å². The Balaban J connectivity index is 1.74. The molecule has 0 radical (unpaired) electrons. The molecule has 0 saturated carbocycles. The van der Waals surface area contributed by atoms with Crippen LogP contribution in [-0.2, 0) is 17.7 Å². The van der Waals surface area contributed by atoms with E-state index in [1.165, 1.54) is 36.2 Å². The largest absolute Gasteiger partial charge is 0.383 e. The normalized spacial score (nSPS) is 14.6. The first-order chi connectivity index (χ1) is 10.2. The van der Waals surface area contributed by atoms with Gasteiger partial charge in [-0.15, -0.1) is 0 Å². The minimum Gasteiger partial charge on any atom is -0.383 e. The first-order valence-corrected chi connectivity index (χ1v) is 7.92. The highest BCUT2D eigenvalue weighted by Crippen LogP contribution is 2.26. The summed E-state index contributed by atoms with van der Waals surface area (Å²) >= 11 is 0. The number of hydrogen-bond donors (Lipinski definition) is 1. The number of nitrogens with one attached hydrogen (secondary N) is 1. The predicted molar refractivity (Wildman–Crippen MR) is 89.1 cm³/mol. The number of nitrogens with zero attached hydrogens (tertiary/aromatic N) is 2. The van der Waals surface area contributed by atoms with Gasteiger partial charge in [-0.1, -0.05) is 12.1 Å². The Labute approximate surface area is 129 Å². The fraction of sp³-hybridized carbons (Fsp3) is 0.647. The molecule has 118 valence electrons. The number of aryl methyl sites for hydroxylation is 1. The Hall–Kier alpha value is -1.10. The van der Waals surface area contributed by atoms with Crippen molar-refractivity contribution in [3.8, 4) is 0 Å². The quantitative estimate of drug-likeness (QED) is 0.738. The first kappa shape index (κ1) is 16.3. The molecule has 0 bridgehead atoms. The number of likely N-dealkylation sites (N-methyl/N-ethyl adjacent to an activating group) is 1. The number of ether oxygens (including phenoxy) is 1. The van der Waals surface area contributed by atoms with E-state index in [1.54, 1.807) is 7.11 Å². The highest BCUT2D eigenvalue weighted by atomic mass is 16.5. The molecule has 21 heavy (non-hydrogen) atoms. The van der Waals surface area contributed by atoms with E-state index in [0.717, 1.165) is 32.8 Å². The van der Waals surface area contributed by atoms with Crippen LogP contribution >= 0.6 is 0 Å². The van der Waals surface area contributed by atoms with Gasteiger partial charge in [0.05, 0.1) is 6.61 Å². The highest BCUT2D eigenvalue weighted by molar-refractivity contribution is 5.56. The van der Waals surface area contributed by atoms with Gasteiger partial charge in [0.1, 0.15) is 0 Å². The standard InChI is InChI=1S/C17H29N3O/c1-19(11-12-21-3)10-8-18-14-15-6-7-17-16(13-15)5-4-9-20(17)2/h6-7,13,18H,4-5,8-12,14H2,1-3H3. The van der Waals surface area contributed by atoms with Crippen LogP contribution in [-0.4, -0.2) is 58.9 Å². The minimum absolute atomic E-state index is 0.800. The number of hydrogen-bond acceptors (Lipinski definition) is 4. The molecule has 0 atom stereocenters. The number of methoxy groups -OCH3 is 1. The molecule has 1 aliphatic heterocycles. The lowest BCUT2D eigenvalue weighted by molar-refractivity contribution is 0.161. The van der Waals surface area contributed by atoms with Crippen LogP contribution in [0, 0.1) is 0 Å². The van der Waals surface area contributed by atoms with Gasteiger partial charge in [-0.2, -0.15) is 0 Å². The molecule has 4 nitrogen and oxygen atoms in total. The summed E-state index contributed by atoms with van der Waals surface area (Å²) in [6, 6.07) is 6.89. The third kappa shape index (κ3) is 4.99. The highest BCUT2D eigenvalue weighted by Gasteiger charge is 2.13. The van der Waals surface area contributed by atoms with Crippen LogP contribution in [0.1, 0.15) is 17.5 Å². The molecule has 0 unspecified atom stereocenters. The third-order valence-electron chi connectivity index (χ3n) is 4.17. The third-order valence-corrected chi connectivity index (χ3v) is 4.17. The zero-order chi connectivity index (χ0) is 15.1. The van der Waals surface area contributed by atoms with Gasteiger partial charge in [-0.3, -0.25) is 0 Å². The summed E-state index contributed by atoms with van der Waals surface area (Å²) in [5, 5.41) is 3.53. The van der Waals surface area contributed by atoms with Crippen LogP contribution in [0.4, 0.5) is 5.69 Å². The van der Waals surface area contributed by atoms with Crippen LogP contribution < -0.4 is 10.2 Å². The van der Waals surface area contributed by atoms with Crippen LogP contribution in [0.25, 0.3) is 0 Å². The summed E-state index contributed by atoms with van der Waals surface area (Å²) < 4.78 is 5.08. The average Bonchev–Trinajstić information content (AvgIpc) is 2.49. The molecule has 0 amide bonds. The number of anilines is 1. The van der Waals surface area contributed by atoms with Crippen LogP contribution in [0.2, 0.25) is 0 Å². The molecule has 0 fully saturated rings. The summed E-state index contributed by atoms with van der Waals surface area (Å²) in [4.78, 5) is 4.65. The monoisotopic (exact) mass is 291 g/mol. The van der Waals surface area contributed by atoms with Crippen molar-refractivity contribution in [3.63, 3.8) is 0 Å². The molecule has 0 aliphatic carbocycles. The van der Waals surface area contributed by atoms with Crippen molar-refractivity contribution in [2.24, 2.45) is 0 Å². The second kappa shape index (κ2) is 8.37. The van der Waals surface area contributed by atoms with E-state index < -0.39 is 0 Å². The minimum atomic E-state index is 0.800. The van der Waals surface area contributed by atoms with Gasteiger partial charge in [0.25, 0.3) is 0 Å². The molecule has 1 N–H and O–H groups in total. The summed E-state index contributed by atoms with van der Waals surface area (Å²) in [7, 11) is 6.07. The van der Waals surface area contributed by atoms with E-state index in [1.807, 2.05) is 0 Å². The van der Waals surface area contributed by atoms with Gasteiger partial charge in [-0.05, 0) is 37.1 Å². The van der Waals surface area contributed by atoms with E-state index in [-0.39, 0.29) is 0 Å². The second-order valence-electron chi connectivity index (χ2n) is 5.96. The molecule has 1 heterocycles. The molecular formula is C17H29N3O. The zero-order valence-electron chi connectivity index (χ0n) is 13.7. The molecule has 0 spiro atoms. The molecule has 0 aromatic heterocycles. The summed E-state index contributed by atoms with van der Waals surface area (Å²) in [5.41, 5.74) is 4.30. The van der Waals surface area contributed by atoms with E-state index in [9.17, 15) is 0 Å². The smallest absolute Gasteiger partial charge is 0.0589 e. The molecule has 2 rings (SSSR count). The predicted octanol–water partition coefficient (Wildman–Crippen LogP) is 1.74. The Kier molecular flexibility index (Phi) is 6.49. The molecular weight excluding hydrogens is 262 g/mol. The van der Waals surface area contributed by atoms with E-state index in [0.29, 0.717) is 0 Å². The Morgan fingerprint density at radius 1 is 1.33 bits per heavy atom. The number of benzene rings is 1. The van der Waals surface area contributed by atoms with Crippen LogP contribution in [0.3, 0.4) is 0 Å². The molecule has 4 heteroatoms. The first-order valence-electron chi connectivity index (χ1n) is 7.92. The summed E-state index contributed by atoms with van der Waals surface area (Å²) in [6.07, 6.45) is 2.48. The molecule has 1 aliphatic rings. The number of rotatable bonds is 8. The fourth-order valence-corrected chi connectivity index (χ4v) is 2.81. The number of fused-ring (bicyclic) bond motifs is 1. The van der Waals surface area contributed by atoms with Gasteiger partial charge in [0.2, 0.25) is 0 Å². The van der Waals surface area contributed by atoms with Crippen LogP contribution in [0.5, 0.6) is 0 Å². The lowest BCUT2D eigenvalue weighted by atomic mass is 9.99. The van der Waals surface area contributed by atoms with Gasteiger partial charge in [-0.25, -0.2) is 0 Å². The Bertz CT molecular complexity index is 436. The van der Waals surface area contributed by atoms with Crippen molar-refractivity contribution in [2.75, 3.05) is 58.9 Å². The topological polar surface area (TPSA) is 27.7 Å². The van der Waals surface area contributed by atoms with Gasteiger partial charge in [0.15, 0.2) is 0 Å². The second-order valence-corrected chi connectivity index (χ2v) is 5.96. The molecule has 1 aromatic carbocycles. The van der Waals surface area contributed by atoms with Crippen molar-refractivity contribution in [1.29, 1.82) is 0 Å². The maximum Gasteiger partial charge on any atom is 0.0589 e. The van der Waals surface area contributed by atoms with E-state index in [2.05, 4.69) is 47.4 Å². The van der Waals surface area contributed by atoms with Crippen LogP contribution in [0.15, 0.2) is 18.2 Å². The van der Waals surface area contributed by atoms with Crippen molar-refractivity contribution in [2.45, 2.75) is 19.4 Å². The van der Waals surface area contributed by atoms with Crippen molar-refractivity contribution < 1.29 is 4.74 Å². The van der Waals surface area contributed by atoms with E-state index >= 15 is 0 Å². The van der Waals surface area contributed by atoms with Crippen molar-refractivity contribution >= 4 is 5.69 Å². The SMILES string of the molecule is COCCN(C)CCNCc1ccc2c(c1)CCCN2C. The summed E-state index contributed by atoms with van der Waals surface area (Å²) in [5.74, 6) is 0. The Morgan fingerprint density at radius 2 is 2.19 bits per heavy atom. The van der Waals surface area contributed by atoms with Gasteiger partial charge in [0, 0.05) is 52.6 Å². The lowest BCUT2D eigenvalue weighted by Crippen LogP contribution is -2.31. The fourth-order valence-electron chi connectivity index (χ4n) is 2.81. The maximum atomic E-state index is 5.08.